The van der Waals surface area contributed by atoms with E-state index >= 15 is 0 Å². The molecule has 0 unspecified atom stereocenters. The first-order valence-electron chi connectivity index (χ1n) is 5.01. The third kappa shape index (κ3) is 2.62. The van der Waals surface area contributed by atoms with E-state index in [2.05, 4.69) is 0 Å². The van der Waals surface area contributed by atoms with Crippen molar-refractivity contribution < 1.29 is 13.2 Å². The molecule has 0 aliphatic rings. The molecule has 0 atom stereocenters. The normalized spacial score (nSPS) is 11.6. The van der Waals surface area contributed by atoms with Crippen LogP contribution >= 0.6 is 23.2 Å². The van der Waals surface area contributed by atoms with Crippen molar-refractivity contribution in [3.63, 3.8) is 0 Å². The Balaban J connectivity index is 2.51. The highest BCUT2D eigenvalue weighted by Crippen LogP contribution is 2.37. The molecule has 0 N–H and O–H groups in total. The molecule has 0 saturated heterocycles. The van der Waals surface area contributed by atoms with Gasteiger partial charge in [-0.15, -0.1) is 0 Å². The molecule has 0 amide bonds. The Morgan fingerprint density at radius 3 is 2.06 bits per heavy atom. The van der Waals surface area contributed by atoms with Crippen LogP contribution in [0.25, 0.3) is 11.1 Å². The van der Waals surface area contributed by atoms with Crippen molar-refractivity contribution in [2.24, 2.45) is 0 Å². The second kappa shape index (κ2) is 4.82. The monoisotopic (exact) mass is 290 g/mol. The van der Waals surface area contributed by atoms with Gasteiger partial charge in [-0.3, -0.25) is 0 Å². The van der Waals surface area contributed by atoms with Gasteiger partial charge in [0.05, 0.1) is 10.6 Å². The molecule has 0 aliphatic heterocycles. The van der Waals surface area contributed by atoms with Crippen LogP contribution in [0.4, 0.5) is 13.2 Å². The molecule has 2 aromatic carbocycles. The lowest BCUT2D eigenvalue weighted by Gasteiger charge is -2.11. The molecule has 0 heterocycles. The molecule has 94 valence electrons. The largest absolute Gasteiger partial charge is 0.417 e. The van der Waals surface area contributed by atoms with Crippen LogP contribution in [0.5, 0.6) is 0 Å². The summed E-state index contributed by atoms with van der Waals surface area (Å²) in [7, 11) is 0. The van der Waals surface area contributed by atoms with Gasteiger partial charge >= 0.3 is 6.18 Å². The summed E-state index contributed by atoms with van der Waals surface area (Å²) < 4.78 is 37.7. The molecule has 5 heteroatoms. The van der Waals surface area contributed by atoms with Crippen LogP contribution in [-0.4, -0.2) is 0 Å². The highest BCUT2D eigenvalue weighted by Gasteiger charge is 2.33. The summed E-state index contributed by atoms with van der Waals surface area (Å²) >= 11 is 11.6. The lowest BCUT2D eigenvalue weighted by molar-refractivity contribution is -0.137. The third-order valence-electron chi connectivity index (χ3n) is 2.46. The van der Waals surface area contributed by atoms with E-state index in [1.807, 2.05) is 0 Å². The van der Waals surface area contributed by atoms with E-state index in [1.54, 1.807) is 24.3 Å². The molecule has 0 saturated carbocycles. The van der Waals surface area contributed by atoms with Crippen molar-refractivity contribution in [1.82, 2.24) is 0 Å². The van der Waals surface area contributed by atoms with Gasteiger partial charge in [-0.1, -0.05) is 47.5 Å². The molecular formula is C13H7Cl2F3. The van der Waals surface area contributed by atoms with Crippen LogP contribution < -0.4 is 0 Å². The van der Waals surface area contributed by atoms with E-state index in [-0.39, 0.29) is 5.02 Å². The van der Waals surface area contributed by atoms with E-state index in [0.29, 0.717) is 16.1 Å². The predicted octanol–water partition coefficient (Wildman–Crippen LogP) is 5.68. The smallest absolute Gasteiger partial charge is 0.166 e. The fourth-order valence-corrected chi connectivity index (χ4v) is 2.14. The maximum atomic E-state index is 12.6. The van der Waals surface area contributed by atoms with Gasteiger partial charge in [-0.25, -0.2) is 0 Å². The van der Waals surface area contributed by atoms with Crippen LogP contribution in [0.2, 0.25) is 10.0 Å². The van der Waals surface area contributed by atoms with Gasteiger partial charge < -0.3 is 0 Å². The minimum atomic E-state index is -4.45. The van der Waals surface area contributed by atoms with Crippen molar-refractivity contribution >= 4 is 23.2 Å². The van der Waals surface area contributed by atoms with Gasteiger partial charge in [0, 0.05) is 10.6 Å². The first kappa shape index (κ1) is 13.2. The van der Waals surface area contributed by atoms with E-state index < -0.39 is 11.7 Å². The number of hydrogen-bond acceptors (Lipinski definition) is 0. The number of halogens is 5. The summed E-state index contributed by atoms with van der Waals surface area (Å²) in [5.41, 5.74) is 0.355. The first-order chi connectivity index (χ1) is 8.39. The van der Waals surface area contributed by atoms with Crippen LogP contribution in [0.1, 0.15) is 5.56 Å². The second-order valence-electron chi connectivity index (χ2n) is 3.67. The van der Waals surface area contributed by atoms with Crippen LogP contribution in [0.3, 0.4) is 0 Å². The molecule has 0 bridgehead atoms. The molecule has 0 radical (unpaired) electrons. The molecule has 2 rings (SSSR count). The van der Waals surface area contributed by atoms with Crippen molar-refractivity contribution in [2.45, 2.75) is 6.18 Å². The standard InChI is InChI=1S/C13H7Cl2F3/c14-11-4-2-1-3-9(11)8-5-6-10(12(15)7-8)13(16,17)18/h1-7H. The van der Waals surface area contributed by atoms with Gasteiger partial charge in [0.2, 0.25) is 0 Å². The zero-order valence-electron chi connectivity index (χ0n) is 8.93. The van der Waals surface area contributed by atoms with Gasteiger partial charge in [-0.05, 0) is 23.8 Å². The Kier molecular flexibility index (Phi) is 3.55. The fraction of sp³-hybridized carbons (Fsp3) is 0.0769. The molecule has 0 spiro atoms. The maximum Gasteiger partial charge on any atom is 0.417 e. The lowest BCUT2D eigenvalue weighted by atomic mass is 10.0. The first-order valence-corrected chi connectivity index (χ1v) is 5.77. The minimum Gasteiger partial charge on any atom is -0.166 e. The highest BCUT2D eigenvalue weighted by atomic mass is 35.5. The molecular weight excluding hydrogens is 284 g/mol. The molecule has 0 nitrogen and oxygen atoms in total. The van der Waals surface area contributed by atoms with Crippen molar-refractivity contribution in [2.75, 3.05) is 0 Å². The zero-order chi connectivity index (χ0) is 13.3. The number of hydrogen-bond donors (Lipinski definition) is 0. The summed E-state index contributed by atoms with van der Waals surface area (Å²) in [6.07, 6.45) is -4.45. The van der Waals surface area contributed by atoms with Crippen LogP contribution in [-0.2, 0) is 6.18 Å². The Bertz CT molecular complexity index is 577. The Morgan fingerprint density at radius 1 is 0.833 bits per heavy atom. The van der Waals surface area contributed by atoms with Crippen LogP contribution in [0.15, 0.2) is 42.5 Å². The number of alkyl halides is 3. The average Bonchev–Trinajstić information content (AvgIpc) is 2.27. The van der Waals surface area contributed by atoms with Crippen molar-refractivity contribution in [3.05, 3.63) is 58.1 Å². The SMILES string of the molecule is FC(F)(F)c1ccc(-c2ccccc2Cl)cc1Cl. The summed E-state index contributed by atoms with van der Waals surface area (Å²) in [5, 5.41) is 0.133. The van der Waals surface area contributed by atoms with E-state index in [1.165, 1.54) is 12.1 Å². The van der Waals surface area contributed by atoms with Crippen molar-refractivity contribution in [1.29, 1.82) is 0 Å². The van der Waals surface area contributed by atoms with Gasteiger partial charge in [-0.2, -0.15) is 13.2 Å². The number of benzene rings is 2. The fourth-order valence-electron chi connectivity index (χ4n) is 1.61. The minimum absolute atomic E-state index is 0.333. The summed E-state index contributed by atoms with van der Waals surface area (Å²) in [5.74, 6) is 0. The lowest BCUT2D eigenvalue weighted by Crippen LogP contribution is -2.05. The Labute approximate surface area is 112 Å². The summed E-state index contributed by atoms with van der Waals surface area (Å²) in [6.45, 7) is 0. The highest BCUT2D eigenvalue weighted by molar-refractivity contribution is 6.34. The van der Waals surface area contributed by atoms with Crippen LogP contribution in [0, 0.1) is 0 Å². The molecule has 0 fully saturated rings. The summed E-state index contributed by atoms with van der Waals surface area (Å²) in [4.78, 5) is 0. The second-order valence-corrected chi connectivity index (χ2v) is 4.49. The molecule has 0 aliphatic carbocycles. The Hall–Kier alpha value is -1.19. The molecule has 2 aromatic rings. The van der Waals surface area contributed by atoms with Gasteiger partial charge in [0.1, 0.15) is 0 Å². The van der Waals surface area contributed by atoms with Gasteiger partial charge in [0.25, 0.3) is 0 Å². The Morgan fingerprint density at radius 2 is 1.50 bits per heavy atom. The quantitative estimate of drug-likeness (QED) is 0.634. The predicted molar refractivity (Wildman–Crippen MR) is 66.9 cm³/mol. The topological polar surface area (TPSA) is 0 Å². The summed E-state index contributed by atoms with van der Waals surface area (Å²) in [6, 6.07) is 10.5. The molecule has 18 heavy (non-hydrogen) atoms. The van der Waals surface area contributed by atoms with E-state index in [0.717, 1.165) is 6.07 Å². The van der Waals surface area contributed by atoms with Gasteiger partial charge in [0.15, 0.2) is 0 Å². The molecule has 0 aromatic heterocycles. The maximum absolute atomic E-state index is 12.6. The number of rotatable bonds is 1. The third-order valence-corrected chi connectivity index (χ3v) is 3.10. The average molecular weight is 291 g/mol. The van der Waals surface area contributed by atoms with Crippen molar-refractivity contribution in [3.8, 4) is 11.1 Å². The van der Waals surface area contributed by atoms with E-state index in [4.69, 9.17) is 23.2 Å². The van der Waals surface area contributed by atoms with E-state index in [9.17, 15) is 13.2 Å². The zero-order valence-corrected chi connectivity index (χ0v) is 10.4.